The number of nitrogens with one attached hydrogen (secondary N) is 1. The molecule has 3 heteroatoms. The standard InChI is InChI=1S/C21H22N2O/c24-20-21(19(15-22-20)18-9-5-2-6-10-18)11-13-23(14-12-21)16-17-7-3-1-4-8-17/h1-10,15H,11-14,16H2,(H,22,24). The predicted octanol–water partition coefficient (Wildman–Crippen LogP) is 3.44. The highest BCUT2D eigenvalue weighted by atomic mass is 16.2. The third-order valence-corrected chi connectivity index (χ3v) is 5.34. The van der Waals surface area contributed by atoms with Gasteiger partial charge in [0, 0.05) is 12.7 Å². The molecule has 2 aliphatic rings. The van der Waals surface area contributed by atoms with Crippen LogP contribution in [-0.4, -0.2) is 23.9 Å². The molecule has 2 aliphatic heterocycles. The van der Waals surface area contributed by atoms with Crippen LogP contribution in [0, 0.1) is 5.41 Å². The van der Waals surface area contributed by atoms with E-state index in [2.05, 4.69) is 52.7 Å². The third kappa shape index (κ3) is 2.65. The lowest BCUT2D eigenvalue weighted by atomic mass is 9.71. The van der Waals surface area contributed by atoms with Gasteiger partial charge in [0.05, 0.1) is 5.41 Å². The van der Waals surface area contributed by atoms with Gasteiger partial charge in [-0.15, -0.1) is 0 Å². The number of hydrogen-bond donors (Lipinski definition) is 1. The monoisotopic (exact) mass is 318 g/mol. The van der Waals surface area contributed by atoms with Crippen LogP contribution in [0.4, 0.5) is 0 Å². The topological polar surface area (TPSA) is 32.3 Å². The molecule has 2 aromatic carbocycles. The minimum Gasteiger partial charge on any atom is -0.332 e. The normalized spacial score (nSPS) is 20.0. The molecule has 0 aliphatic carbocycles. The maximum atomic E-state index is 12.6. The summed E-state index contributed by atoms with van der Waals surface area (Å²) in [5.74, 6) is 0.167. The third-order valence-electron chi connectivity index (χ3n) is 5.34. The molecule has 0 unspecified atom stereocenters. The molecule has 1 N–H and O–H groups in total. The Bertz CT molecular complexity index is 744. The van der Waals surface area contributed by atoms with Gasteiger partial charge < -0.3 is 5.32 Å². The second kappa shape index (κ2) is 6.25. The van der Waals surface area contributed by atoms with E-state index in [1.54, 1.807) is 0 Å². The Morgan fingerprint density at radius 1 is 0.917 bits per heavy atom. The molecule has 0 saturated carbocycles. The summed E-state index contributed by atoms with van der Waals surface area (Å²) in [6.45, 7) is 2.86. The Balaban J connectivity index is 1.50. The Morgan fingerprint density at radius 2 is 1.54 bits per heavy atom. The summed E-state index contributed by atoms with van der Waals surface area (Å²) in [4.78, 5) is 15.1. The van der Waals surface area contributed by atoms with Crippen LogP contribution in [0.5, 0.6) is 0 Å². The molecule has 0 radical (unpaired) electrons. The molecule has 1 fully saturated rings. The van der Waals surface area contributed by atoms with Crippen molar-refractivity contribution >= 4 is 11.5 Å². The zero-order chi connectivity index (χ0) is 16.4. The minimum absolute atomic E-state index is 0.167. The lowest BCUT2D eigenvalue weighted by Gasteiger charge is -2.39. The molecule has 1 spiro atoms. The van der Waals surface area contributed by atoms with Crippen LogP contribution in [0.3, 0.4) is 0 Å². The van der Waals surface area contributed by atoms with Gasteiger partial charge >= 0.3 is 0 Å². The van der Waals surface area contributed by atoms with Crippen molar-refractivity contribution in [3.8, 4) is 0 Å². The summed E-state index contributed by atoms with van der Waals surface area (Å²) in [6, 6.07) is 20.9. The van der Waals surface area contributed by atoms with E-state index in [-0.39, 0.29) is 11.3 Å². The van der Waals surface area contributed by atoms with Gasteiger partial charge in [0.1, 0.15) is 0 Å². The van der Waals surface area contributed by atoms with Crippen molar-refractivity contribution in [1.29, 1.82) is 0 Å². The lowest BCUT2D eigenvalue weighted by Crippen LogP contribution is -2.45. The Hall–Kier alpha value is -2.39. The molecule has 2 heterocycles. The Kier molecular flexibility index (Phi) is 3.95. The second-order valence-electron chi connectivity index (χ2n) is 6.74. The fourth-order valence-electron chi connectivity index (χ4n) is 3.94. The molecular formula is C21H22N2O. The summed E-state index contributed by atoms with van der Waals surface area (Å²) < 4.78 is 0. The lowest BCUT2D eigenvalue weighted by molar-refractivity contribution is -0.128. The summed E-state index contributed by atoms with van der Waals surface area (Å²) in [5.41, 5.74) is 3.30. The molecule has 24 heavy (non-hydrogen) atoms. The molecule has 0 bridgehead atoms. The fourth-order valence-corrected chi connectivity index (χ4v) is 3.94. The van der Waals surface area contributed by atoms with Gasteiger partial charge in [0.25, 0.3) is 0 Å². The zero-order valence-electron chi connectivity index (χ0n) is 13.7. The van der Waals surface area contributed by atoms with Gasteiger partial charge in [-0.1, -0.05) is 60.7 Å². The number of carbonyl (C=O) groups excluding carboxylic acids is 1. The summed E-state index contributed by atoms with van der Waals surface area (Å²) in [7, 11) is 0. The highest BCUT2D eigenvalue weighted by Gasteiger charge is 2.47. The second-order valence-corrected chi connectivity index (χ2v) is 6.74. The van der Waals surface area contributed by atoms with Crippen molar-refractivity contribution in [3.05, 3.63) is 78.0 Å². The Labute approximate surface area is 143 Å². The summed E-state index contributed by atoms with van der Waals surface area (Å²) >= 11 is 0. The average Bonchev–Trinajstić information content (AvgIpc) is 2.95. The van der Waals surface area contributed by atoms with Gasteiger partial charge in [-0.05, 0) is 42.6 Å². The number of carbonyl (C=O) groups is 1. The SMILES string of the molecule is O=C1NC=C(c2ccccc2)C12CCN(Cc1ccccc1)CC2. The van der Waals surface area contributed by atoms with Crippen molar-refractivity contribution in [2.75, 3.05) is 13.1 Å². The highest BCUT2D eigenvalue weighted by Crippen LogP contribution is 2.46. The molecule has 0 atom stereocenters. The molecule has 1 saturated heterocycles. The number of hydrogen-bond acceptors (Lipinski definition) is 2. The number of piperidine rings is 1. The Morgan fingerprint density at radius 3 is 2.21 bits per heavy atom. The number of benzene rings is 2. The predicted molar refractivity (Wildman–Crippen MR) is 95.9 cm³/mol. The van der Waals surface area contributed by atoms with E-state index in [0.29, 0.717) is 0 Å². The molecular weight excluding hydrogens is 296 g/mol. The van der Waals surface area contributed by atoms with Crippen molar-refractivity contribution in [1.82, 2.24) is 10.2 Å². The first kappa shape index (κ1) is 15.2. The zero-order valence-corrected chi connectivity index (χ0v) is 13.7. The summed E-state index contributed by atoms with van der Waals surface area (Å²) in [5, 5.41) is 2.97. The molecule has 0 aromatic heterocycles. The van der Waals surface area contributed by atoms with Crippen LogP contribution >= 0.6 is 0 Å². The average molecular weight is 318 g/mol. The van der Waals surface area contributed by atoms with E-state index in [1.807, 2.05) is 24.4 Å². The van der Waals surface area contributed by atoms with E-state index in [1.165, 1.54) is 5.56 Å². The van der Waals surface area contributed by atoms with E-state index in [9.17, 15) is 4.79 Å². The van der Waals surface area contributed by atoms with Crippen molar-refractivity contribution in [2.24, 2.45) is 5.41 Å². The fraction of sp³-hybridized carbons (Fsp3) is 0.286. The molecule has 122 valence electrons. The number of amides is 1. The first-order valence-corrected chi connectivity index (χ1v) is 8.61. The maximum absolute atomic E-state index is 12.6. The van der Waals surface area contributed by atoms with E-state index < -0.39 is 0 Å². The van der Waals surface area contributed by atoms with E-state index in [4.69, 9.17) is 0 Å². The van der Waals surface area contributed by atoms with Crippen LogP contribution in [-0.2, 0) is 11.3 Å². The van der Waals surface area contributed by atoms with Crippen molar-refractivity contribution < 1.29 is 4.79 Å². The minimum atomic E-state index is -0.353. The van der Waals surface area contributed by atoms with Gasteiger partial charge in [-0.25, -0.2) is 0 Å². The quantitative estimate of drug-likeness (QED) is 0.940. The van der Waals surface area contributed by atoms with Crippen molar-refractivity contribution in [3.63, 3.8) is 0 Å². The number of likely N-dealkylation sites (tertiary alicyclic amines) is 1. The van der Waals surface area contributed by atoms with Crippen LogP contribution in [0.15, 0.2) is 66.9 Å². The smallest absolute Gasteiger partial charge is 0.234 e. The summed E-state index contributed by atoms with van der Waals surface area (Å²) in [6.07, 6.45) is 3.68. The van der Waals surface area contributed by atoms with Gasteiger partial charge in [0.2, 0.25) is 5.91 Å². The van der Waals surface area contributed by atoms with Crippen LogP contribution in [0.25, 0.3) is 5.57 Å². The van der Waals surface area contributed by atoms with Crippen LogP contribution in [0.2, 0.25) is 0 Å². The number of rotatable bonds is 3. The first-order chi connectivity index (χ1) is 11.8. The largest absolute Gasteiger partial charge is 0.332 e. The van der Waals surface area contributed by atoms with E-state index in [0.717, 1.165) is 43.6 Å². The maximum Gasteiger partial charge on any atom is 0.234 e. The molecule has 2 aromatic rings. The molecule has 4 rings (SSSR count). The molecule has 1 amide bonds. The van der Waals surface area contributed by atoms with Crippen LogP contribution < -0.4 is 5.32 Å². The van der Waals surface area contributed by atoms with Crippen LogP contribution in [0.1, 0.15) is 24.0 Å². The van der Waals surface area contributed by atoms with Gasteiger partial charge in [0.15, 0.2) is 0 Å². The number of nitrogens with zero attached hydrogens (tertiary/aromatic N) is 1. The highest BCUT2D eigenvalue weighted by molar-refractivity contribution is 6.01. The van der Waals surface area contributed by atoms with E-state index >= 15 is 0 Å². The van der Waals surface area contributed by atoms with Crippen molar-refractivity contribution in [2.45, 2.75) is 19.4 Å². The van der Waals surface area contributed by atoms with Gasteiger partial charge in [-0.2, -0.15) is 0 Å². The van der Waals surface area contributed by atoms with Gasteiger partial charge in [-0.3, -0.25) is 9.69 Å². The first-order valence-electron chi connectivity index (χ1n) is 8.61. The molecule has 3 nitrogen and oxygen atoms in total.